The highest BCUT2D eigenvalue weighted by Gasteiger charge is 2.36. The van der Waals surface area contributed by atoms with Crippen molar-refractivity contribution in [2.45, 2.75) is 26.1 Å². The average molecular weight is 349 g/mol. The number of alkyl halides is 3. The van der Waals surface area contributed by atoms with Crippen LogP contribution in [0.15, 0.2) is 36.5 Å². The Labute approximate surface area is 136 Å². The molecule has 4 nitrogen and oxygen atoms in total. The van der Waals surface area contributed by atoms with Crippen molar-refractivity contribution < 1.29 is 22.8 Å². The van der Waals surface area contributed by atoms with Crippen LogP contribution in [0.25, 0.3) is 0 Å². The standard InChI is InChI=1S/C15H16ClF3N2O2/c1-9(2)13(20-8-7-12(22)15(17,18)19)14(23)21-11-5-3-10(16)4-6-11/h3-9,13,20H,1-2H3,(H,21,23)/b8-7+. The lowest BCUT2D eigenvalue weighted by Crippen LogP contribution is -2.42. The first kappa shape index (κ1) is 19.0. The van der Waals surface area contributed by atoms with Gasteiger partial charge >= 0.3 is 6.18 Å². The fourth-order valence-corrected chi connectivity index (χ4v) is 1.77. The van der Waals surface area contributed by atoms with E-state index in [9.17, 15) is 22.8 Å². The number of anilines is 1. The van der Waals surface area contributed by atoms with Gasteiger partial charge in [-0.3, -0.25) is 9.59 Å². The van der Waals surface area contributed by atoms with E-state index in [0.29, 0.717) is 16.8 Å². The van der Waals surface area contributed by atoms with Crippen molar-refractivity contribution in [3.63, 3.8) is 0 Å². The Bertz CT molecular complexity index is 583. The van der Waals surface area contributed by atoms with Crippen LogP contribution in [-0.4, -0.2) is 23.9 Å². The van der Waals surface area contributed by atoms with Crippen molar-refractivity contribution in [2.24, 2.45) is 5.92 Å². The zero-order chi connectivity index (χ0) is 17.6. The van der Waals surface area contributed by atoms with Crippen molar-refractivity contribution in [2.75, 3.05) is 5.32 Å². The van der Waals surface area contributed by atoms with Crippen LogP contribution in [-0.2, 0) is 9.59 Å². The van der Waals surface area contributed by atoms with Gasteiger partial charge in [0.25, 0.3) is 5.78 Å². The molecule has 0 fully saturated rings. The van der Waals surface area contributed by atoms with Crippen molar-refractivity contribution in [3.8, 4) is 0 Å². The molecule has 1 atom stereocenters. The lowest BCUT2D eigenvalue weighted by molar-refractivity contribution is -0.165. The predicted molar refractivity (Wildman–Crippen MR) is 82.0 cm³/mol. The molecule has 1 aromatic carbocycles. The Morgan fingerprint density at radius 1 is 1.17 bits per heavy atom. The third-order valence-electron chi connectivity index (χ3n) is 2.85. The van der Waals surface area contributed by atoms with Gasteiger partial charge in [-0.15, -0.1) is 0 Å². The van der Waals surface area contributed by atoms with Gasteiger partial charge in [0, 0.05) is 23.0 Å². The first-order valence-electron chi connectivity index (χ1n) is 6.71. The third-order valence-corrected chi connectivity index (χ3v) is 3.10. The fourth-order valence-electron chi connectivity index (χ4n) is 1.65. The summed E-state index contributed by atoms with van der Waals surface area (Å²) in [5, 5.41) is 5.64. The number of carbonyl (C=O) groups excluding carboxylic acids is 2. The maximum absolute atomic E-state index is 12.2. The topological polar surface area (TPSA) is 58.2 Å². The fraction of sp³-hybridized carbons (Fsp3) is 0.333. The summed E-state index contributed by atoms with van der Waals surface area (Å²) in [4.78, 5) is 22.9. The monoisotopic (exact) mass is 348 g/mol. The summed E-state index contributed by atoms with van der Waals surface area (Å²) >= 11 is 5.74. The second-order valence-corrected chi connectivity index (χ2v) is 5.52. The molecule has 2 N–H and O–H groups in total. The molecule has 1 unspecified atom stereocenters. The van der Waals surface area contributed by atoms with Gasteiger partial charge in [0.2, 0.25) is 5.91 Å². The molecule has 0 aliphatic rings. The van der Waals surface area contributed by atoms with Gasteiger partial charge < -0.3 is 10.6 Å². The molecular weight excluding hydrogens is 333 g/mol. The zero-order valence-electron chi connectivity index (χ0n) is 12.4. The minimum atomic E-state index is -4.93. The molecule has 0 bridgehead atoms. The first-order chi connectivity index (χ1) is 10.6. The van der Waals surface area contributed by atoms with Gasteiger partial charge in [-0.25, -0.2) is 0 Å². The van der Waals surface area contributed by atoms with Gasteiger partial charge in [-0.05, 0) is 30.2 Å². The van der Waals surface area contributed by atoms with E-state index in [4.69, 9.17) is 11.6 Å². The summed E-state index contributed by atoms with van der Waals surface area (Å²) in [6, 6.07) is 5.58. The third kappa shape index (κ3) is 6.32. The Morgan fingerprint density at radius 2 is 1.74 bits per heavy atom. The normalized spacial score (nSPS) is 13.2. The van der Waals surface area contributed by atoms with E-state index in [2.05, 4.69) is 10.6 Å². The van der Waals surface area contributed by atoms with Crippen LogP contribution in [0.3, 0.4) is 0 Å². The van der Waals surface area contributed by atoms with Crippen molar-refractivity contribution in [1.82, 2.24) is 5.32 Å². The van der Waals surface area contributed by atoms with Crippen molar-refractivity contribution in [3.05, 3.63) is 41.6 Å². The van der Waals surface area contributed by atoms with E-state index in [0.717, 1.165) is 6.20 Å². The second-order valence-electron chi connectivity index (χ2n) is 5.08. The average Bonchev–Trinajstić information content (AvgIpc) is 2.44. The molecule has 0 aromatic heterocycles. The molecule has 1 aromatic rings. The van der Waals surface area contributed by atoms with E-state index in [1.165, 1.54) is 0 Å². The molecule has 0 aliphatic carbocycles. The summed E-state index contributed by atoms with van der Waals surface area (Å²) in [5.41, 5.74) is 0.502. The van der Waals surface area contributed by atoms with Crippen LogP contribution in [0, 0.1) is 5.92 Å². The lowest BCUT2D eigenvalue weighted by atomic mass is 10.0. The SMILES string of the molecule is CC(C)C(N/C=C/C(=O)C(F)(F)F)C(=O)Nc1ccc(Cl)cc1. The Kier molecular flexibility index (Phi) is 6.62. The van der Waals surface area contributed by atoms with Crippen LogP contribution < -0.4 is 10.6 Å². The lowest BCUT2D eigenvalue weighted by Gasteiger charge is -2.20. The highest BCUT2D eigenvalue weighted by Crippen LogP contribution is 2.17. The maximum atomic E-state index is 12.2. The van der Waals surface area contributed by atoms with Gasteiger partial charge in [0.15, 0.2) is 0 Å². The molecule has 0 saturated heterocycles. The number of rotatable bonds is 6. The highest BCUT2D eigenvalue weighted by molar-refractivity contribution is 6.30. The Hall–Kier alpha value is -2.02. The second kappa shape index (κ2) is 8.01. The van der Waals surface area contributed by atoms with Crippen LogP contribution in [0.4, 0.5) is 18.9 Å². The quantitative estimate of drug-likeness (QED) is 0.773. The summed E-state index contributed by atoms with van der Waals surface area (Å²) < 4.78 is 36.3. The van der Waals surface area contributed by atoms with Gasteiger partial charge in [-0.2, -0.15) is 13.2 Å². The number of allylic oxidation sites excluding steroid dienone is 1. The molecule has 1 amide bonds. The summed E-state index contributed by atoms with van der Waals surface area (Å²) in [5.74, 6) is -2.65. The first-order valence-corrected chi connectivity index (χ1v) is 7.09. The minimum absolute atomic E-state index is 0.215. The van der Waals surface area contributed by atoms with Gasteiger partial charge in [0.05, 0.1) is 0 Å². The minimum Gasteiger partial charge on any atom is -0.379 e. The number of amides is 1. The molecule has 0 heterocycles. The molecule has 126 valence electrons. The number of carbonyl (C=O) groups is 2. The Balaban J connectivity index is 2.70. The summed E-state index contributed by atoms with van der Waals surface area (Å²) in [6.07, 6.45) is -3.75. The number of hydrogen-bond donors (Lipinski definition) is 2. The molecule has 23 heavy (non-hydrogen) atoms. The molecule has 1 rings (SSSR count). The van der Waals surface area contributed by atoms with E-state index < -0.39 is 23.9 Å². The van der Waals surface area contributed by atoms with E-state index in [-0.39, 0.29) is 5.92 Å². The smallest absolute Gasteiger partial charge is 0.379 e. The molecule has 8 heteroatoms. The van der Waals surface area contributed by atoms with Crippen molar-refractivity contribution >= 4 is 29.0 Å². The summed E-state index contributed by atoms with van der Waals surface area (Å²) in [6.45, 7) is 3.44. The predicted octanol–water partition coefficient (Wildman–Crippen LogP) is 3.54. The number of benzene rings is 1. The number of hydrogen-bond acceptors (Lipinski definition) is 3. The number of ketones is 1. The van der Waals surface area contributed by atoms with Crippen LogP contribution in [0.1, 0.15) is 13.8 Å². The zero-order valence-corrected chi connectivity index (χ0v) is 13.2. The number of halogens is 4. The maximum Gasteiger partial charge on any atom is 0.454 e. The van der Waals surface area contributed by atoms with E-state index in [1.54, 1.807) is 38.1 Å². The molecule has 0 spiro atoms. The largest absolute Gasteiger partial charge is 0.454 e. The molecule has 0 radical (unpaired) electrons. The van der Waals surface area contributed by atoms with Crippen molar-refractivity contribution in [1.29, 1.82) is 0 Å². The van der Waals surface area contributed by atoms with Gasteiger partial charge in [-0.1, -0.05) is 25.4 Å². The molecular formula is C15H16ClF3N2O2. The number of nitrogens with one attached hydrogen (secondary N) is 2. The van der Waals surface area contributed by atoms with Crippen LogP contribution in [0.5, 0.6) is 0 Å². The molecule has 0 aliphatic heterocycles. The highest BCUT2D eigenvalue weighted by atomic mass is 35.5. The summed E-state index contributed by atoms with van der Waals surface area (Å²) in [7, 11) is 0. The Morgan fingerprint density at radius 3 is 2.22 bits per heavy atom. The van der Waals surface area contributed by atoms with E-state index >= 15 is 0 Å². The van der Waals surface area contributed by atoms with Gasteiger partial charge in [0.1, 0.15) is 6.04 Å². The van der Waals surface area contributed by atoms with Crippen LogP contribution in [0.2, 0.25) is 5.02 Å². The van der Waals surface area contributed by atoms with E-state index in [1.807, 2.05) is 0 Å². The van der Waals surface area contributed by atoms with Crippen LogP contribution >= 0.6 is 11.6 Å². The molecule has 0 saturated carbocycles.